The first-order valence-corrected chi connectivity index (χ1v) is 13.7. The Morgan fingerprint density at radius 1 is 0.273 bits per heavy atom. The van der Waals surface area contributed by atoms with Gasteiger partial charge < -0.3 is 41.9 Å². The summed E-state index contributed by atoms with van der Waals surface area (Å²) < 4.78 is 23.3. The summed E-state index contributed by atoms with van der Waals surface area (Å²) in [5, 5.41) is 0. The molecule has 0 saturated heterocycles. The van der Waals surface area contributed by atoms with Crippen molar-refractivity contribution in [3.8, 4) is 46.0 Å². The highest BCUT2D eigenvalue weighted by molar-refractivity contribution is 5.51. The van der Waals surface area contributed by atoms with Gasteiger partial charge in [0.15, 0.2) is 11.5 Å². The van der Waals surface area contributed by atoms with Gasteiger partial charge in [0.05, 0.1) is 0 Å². The van der Waals surface area contributed by atoms with Crippen LogP contribution >= 0.6 is 0 Å². The first kappa shape index (κ1) is 29.2. The molecule has 6 aromatic rings. The van der Waals surface area contributed by atoms with E-state index >= 15 is 0 Å². The van der Waals surface area contributed by atoms with Crippen LogP contribution in [0.5, 0.6) is 46.0 Å². The van der Waals surface area contributed by atoms with Crippen LogP contribution < -0.4 is 41.9 Å². The van der Waals surface area contributed by atoms with Crippen molar-refractivity contribution in [2.75, 3.05) is 22.9 Å². The lowest BCUT2D eigenvalue weighted by molar-refractivity contribution is 0.419. The third-order valence-electron chi connectivity index (χ3n) is 6.01. The molecular formula is C36H32N4O4. The fourth-order valence-corrected chi connectivity index (χ4v) is 4.06. The van der Waals surface area contributed by atoms with E-state index in [0.717, 1.165) is 0 Å². The summed E-state index contributed by atoms with van der Waals surface area (Å²) in [6, 6.07) is 43.9. The molecule has 6 aromatic carbocycles. The number of para-hydroxylation sites is 2. The highest BCUT2D eigenvalue weighted by Gasteiger charge is 2.08. The first-order valence-electron chi connectivity index (χ1n) is 13.7. The molecule has 0 atom stereocenters. The van der Waals surface area contributed by atoms with Crippen LogP contribution in [0.3, 0.4) is 0 Å². The Morgan fingerprint density at radius 3 is 0.864 bits per heavy atom. The number of benzene rings is 6. The zero-order chi connectivity index (χ0) is 30.7. The maximum atomic E-state index is 5.86. The number of nitrogens with two attached hydrogens (primary N) is 4. The SMILES string of the molecule is Nc1cccc(Oc2cccc(Oc3cccc(N)c3)c2)c1.Nc1cccc(Oc2ccccc2Oc2cccc(N)c2)c1. The number of hydrogen-bond donors (Lipinski definition) is 4. The summed E-state index contributed by atoms with van der Waals surface area (Å²) in [7, 11) is 0. The molecule has 8 N–H and O–H groups in total. The zero-order valence-corrected chi connectivity index (χ0v) is 23.8. The van der Waals surface area contributed by atoms with E-state index < -0.39 is 0 Å². The van der Waals surface area contributed by atoms with Crippen molar-refractivity contribution in [1.82, 2.24) is 0 Å². The molecule has 0 radical (unpaired) electrons. The second-order valence-corrected chi connectivity index (χ2v) is 9.62. The van der Waals surface area contributed by atoms with Gasteiger partial charge in [0.25, 0.3) is 0 Å². The van der Waals surface area contributed by atoms with Gasteiger partial charge >= 0.3 is 0 Å². The van der Waals surface area contributed by atoms with Gasteiger partial charge in [0.1, 0.15) is 34.5 Å². The minimum absolute atomic E-state index is 0.607. The van der Waals surface area contributed by atoms with Crippen LogP contribution in [-0.4, -0.2) is 0 Å². The van der Waals surface area contributed by atoms with Gasteiger partial charge in [-0.25, -0.2) is 0 Å². The van der Waals surface area contributed by atoms with Crippen molar-refractivity contribution >= 4 is 22.7 Å². The van der Waals surface area contributed by atoms with Gasteiger partial charge in [-0.3, -0.25) is 0 Å². The molecule has 8 nitrogen and oxygen atoms in total. The number of rotatable bonds is 8. The quantitative estimate of drug-likeness (QED) is 0.130. The van der Waals surface area contributed by atoms with Crippen molar-refractivity contribution in [3.63, 3.8) is 0 Å². The Kier molecular flexibility index (Phi) is 9.34. The highest BCUT2D eigenvalue weighted by atomic mass is 16.5. The van der Waals surface area contributed by atoms with Gasteiger partial charge in [-0.2, -0.15) is 0 Å². The van der Waals surface area contributed by atoms with Crippen molar-refractivity contribution < 1.29 is 18.9 Å². The summed E-state index contributed by atoms with van der Waals surface area (Å²) in [6.07, 6.45) is 0. The Hall–Kier alpha value is -6.28. The number of nitrogen functional groups attached to an aromatic ring is 4. The molecule has 8 heteroatoms. The normalized spacial score (nSPS) is 10.2. The van der Waals surface area contributed by atoms with Crippen LogP contribution in [0, 0.1) is 0 Å². The van der Waals surface area contributed by atoms with Gasteiger partial charge in [-0.15, -0.1) is 0 Å². The molecule has 44 heavy (non-hydrogen) atoms. The van der Waals surface area contributed by atoms with Gasteiger partial charge in [-0.1, -0.05) is 42.5 Å². The predicted octanol–water partition coefficient (Wildman–Crippen LogP) is 8.87. The molecule has 0 unspecified atom stereocenters. The molecular weight excluding hydrogens is 552 g/mol. The molecule has 0 aliphatic carbocycles. The van der Waals surface area contributed by atoms with Crippen LogP contribution in [0.15, 0.2) is 146 Å². The Labute approximate surface area is 256 Å². The van der Waals surface area contributed by atoms with Gasteiger partial charge in [-0.05, 0) is 72.8 Å². The molecule has 0 bridgehead atoms. The van der Waals surface area contributed by atoms with Crippen molar-refractivity contribution in [3.05, 3.63) is 146 Å². The molecule has 0 heterocycles. The lowest BCUT2D eigenvalue weighted by Gasteiger charge is -2.12. The predicted molar refractivity (Wildman–Crippen MR) is 177 cm³/mol. The molecule has 6 rings (SSSR count). The zero-order valence-electron chi connectivity index (χ0n) is 23.8. The molecule has 0 aliphatic rings. The summed E-state index contributed by atoms with van der Waals surface area (Å²) in [6.45, 7) is 0. The number of anilines is 4. The van der Waals surface area contributed by atoms with E-state index in [-0.39, 0.29) is 0 Å². The Morgan fingerprint density at radius 2 is 0.545 bits per heavy atom. The second-order valence-electron chi connectivity index (χ2n) is 9.62. The molecule has 0 amide bonds. The van der Waals surface area contributed by atoms with Crippen molar-refractivity contribution in [2.45, 2.75) is 0 Å². The molecule has 0 aromatic heterocycles. The van der Waals surface area contributed by atoms with Crippen LogP contribution in [0.2, 0.25) is 0 Å². The maximum absolute atomic E-state index is 5.86. The Bertz CT molecular complexity index is 1710. The van der Waals surface area contributed by atoms with Crippen molar-refractivity contribution in [1.29, 1.82) is 0 Å². The highest BCUT2D eigenvalue weighted by Crippen LogP contribution is 2.35. The smallest absolute Gasteiger partial charge is 0.169 e. The van der Waals surface area contributed by atoms with E-state index in [9.17, 15) is 0 Å². The first-order chi connectivity index (χ1) is 21.4. The largest absolute Gasteiger partial charge is 0.457 e. The minimum Gasteiger partial charge on any atom is -0.457 e. The summed E-state index contributed by atoms with van der Waals surface area (Å²) in [4.78, 5) is 0. The average molecular weight is 585 g/mol. The summed E-state index contributed by atoms with van der Waals surface area (Å²) >= 11 is 0. The van der Waals surface area contributed by atoms with Crippen LogP contribution in [-0.2, 0) is 0 Å². The van der Waals surface area contributed by atoms with Crippen LogP contribution in [0.1, 0.15) is 0 Å². The van der Waals surface area contributed by atoms with E-state index in [4.69, 9.17) is 41.9 Å². The lowest BCUT2D eigenvalue weighted by atomic mass is 10.3. The van der Waals surface area contributed by atoms with Gasteiger partial charge in [0.2, 0.25) is 0 Å². The third kappa shape index (κ3) is 8.61. The van der Waals surface area contributed by atoms with Crippen LogP contribution in [0.25, 0.3) is 0 Å². The van der Waals surface area contributed by atoms with E-state index in [0.29, 0.717) is 68.7 Å². The lowest BCUT2D eigenvalue weighted by Crippen LogP contribution is -1.92. The number of hydrogen-bond acceptors (Lipinski definition) is 8. The third-order valence-corrected chi connectivity index (χ3v) is 6.01. The topological polar surface area (TPSA) is 141 Å². The van der Waals surface area contributed by atoms with Crippen molar-refractivity contribution in [2.24, 2.45) is 0 Å². The second kappa shape index (κ2) is 14.1. The molecule has 220 valence electrons. The Balaban J connectivity index is 0.000000175. The van der Waals surface area contributed by atoms with E-state index in [1.165, 1.54) is 0 Å². The van der Waals surface area contributed by atoms with Crippen LogP contribution in [0.4, 0.5) is 22.7 Å². The van der Waals surface area contributed by atoms with E-state index in [2.05, 4.69) is 0 Å². The number of ether oxygens (including phenoxy) is 4. The molecule has 0 spiro atoms. The maximum Gasteiger partial charge on any atom is 0.169 e. The molecule has 0 fully saturated rings. The van der Waals surface area contributed by atoms with E-state index in [1.807, 2.05) is 121 Å². The average Bonchev–Trinajstić information content (AvgIpc) is 2.99. The van der Waals surface area contributed by atoms with E-state index in [1.54, 1.807) is 24.3 Å². The summed E-state index contributed by atoms with van der Waals surface area (Å²) in [5.74, 6) is 5.24. The minimum atomic E-state index is 0.607. The fraction of sp³-hybridized carbons (Fsp3) is 0. The fourth-order valence-electron chi connectivity index (χ4n) is 4.06. The van der Waals surface area contributed by atoms with Gasteiger partial charge in [0, 0.05) is 53.1 Å². The monoisotopic (exact) mass is 584 g/mol. The standard InChI is InChI=1S/2C18H16N2O2/c19-13-4-1-6-15(10-13)21-17-8-3-9-18(12-17)22-16-7-2-5-14(20)11-16;19-13-5-3-7-15(11-13)21-17-9-1-2-10-18(17)22-16-8-4-6-14(20)12-16/h2*1-12H,19-20H2. The molecule has 0 aliphatic heterocycles. The summed E-state index contributed by atoms with van der Waals surface area (Å²) in [5.41, 5.74) is 25.6. The molecule has 0 saturated carbocycles.